The molecule has 0 rings (SSSR count). The highest BCUT2D eigenvalue weighted by Gasteiger charge is 2.00. The Bertz CT molecular complexity index is 113. The van der Waals surface area contributed by atoms with Gasteiger partial charge in [-0.05, 0) is 12.3 Å². The lowest BCUT2D eigenvalue weighted by Gasteiger charge is -2.02. The summed E-state index contributed by atoms with van der Waals surface area (Å²) in [7, 11) is 0. The third-order valence-electron chi connectivity index (χ3n) is 1.50. The zero-order valence-electron chi connectivity index (χ0n) is 7.10. The van der Waals surface area contributed by atoms with E-state index in [1.807, 2.05) is 0 Å². The van der Waals surface area contributed by atoms with Gasteiger partial charge in [-0.3, -0.25) is 4.79 Å². The lowest BCUT2D eigenvalue weighted by molar-refractivity contribution is -0.131. The maximum Gasteiger partial charge on any atom is 0.315 e. The van der Waals surface area contributed by atoms with Crippen LogP contribution in [0.25, 0.3) is 0 Å². The standard InChI is InChI=1S/C8H15IO2/c1-7(2)5-3-4-6-8(10)11-9/h7H,3-6H2,1-2H3. The van der Waals surface area contributed by atoms with Crippen LogP contribution < -0.4 is 0 Å². The van der Waals surface area contributed by atoms with Crippen molar-refractivity contribution in [1.29, 1.82) is 0 Å². The Hall–Kier alpha value is 0.200. The van der Waals surface area contributed by atoms with Gasteiger partial charge in [-0.2, -0.15) is 0 Å². The smallest absolute Gasteiger partial charge is 0.315 e. The summed E-state index contributed by atoms with van der Waals surface area (Å²) in [6, 6.07) is 0. The maximum absolute atomic E-state index is 10.6. The van der Waals surface area contributed by atoms with Crippen molar-refractivity contribution < 1.29 is 7.86 Å². The zero-order valence-corrected chi connectivity index (χ0v) is 9.26. The first-order valence-electron chi connectivity index (χ1n) is 3.98. The largest absolute Gasteiger partial charge is 0.394 e. The molecule has 0 spiro atoms. The molecule has 0 unspecified atom stereocenters. The molecule has 0 heterocycles. The zero-order chi connectivity index (χ0) is 8.69. The molecule has 0 amide bonds. The van der Waals surface area contributed by atoms with Crippen LogP contribution in [0.3, 0.4) is 0 Å². The Morgan fingerprint density at radius 3 is 2.55 bits per heavy atom. The lowest BCUT2D eigenvalue weighted by Crippen LogP contribution is -1.96. The van der Waals surface area contributed by atoms with Gasteiger partial charge in [-0.1, -0.05) is 26.7 Å². The van der Waals surface area contributed by atoms with Crippen LogP contribution in [0.2, 0.25) is 0 Å². The predicted octanol–water partition coefficient (Wildman–Crippen LogP) is 3.10. The van der Waals surface area contributed by atoms with Crippen LogP contribution >= 0.6 is 23.0 Å². The summed E-state index contributed by atoms with van der Waals surface area (Å²) in [5.41, 5.74) is 0. The number of halogens is 1. The average molecular weight is 270 g/mol. The molecular formula is C8H15IO2. The van der Waals surface area contributed by atoms with Crippen LogP contribution in [-0.4, -0.2) is 5.97 Å². The van der Waals surface area contributed by atoms with Gasteiger partial charge in [-0.15, -0.1) is 0 Å². The van der Waals surface area contributed by atoms with E-state index in [-0.39, 0.29) is 5.97 Å². The number of carbonyl (C=O) groups excluding carboxylic acids is 1. The van der Waals surface area contributed by atoms with Gasteiger partial charge in [-0.25, -0.2) is 0 Å². The molecular weight excluding hydrogens is 255 g/mol. The third kappa shape index (κ3) is 8.10. The summed E-state index contributed by atoms with van der Waals surface area (Å²) in [5.74, 6) is 0.639. The van der Waals surface area contributed by atoms with E-state index in [0.29, 0.717) is 6.42 Å². The van der Waals surface area contributed by atoms with Gasteiger partial charge in [0.25, 0.3) is 0 Å². The van der Waals surface area contributed by atoms with E-state index in [1.165, 1.54) is 6.42 Å². The van der Waals surface area contributed by atoms with Crippen molar-refractivity contribution in [2.75, 3.05) is 0 Å². The van der Waals surface area contributed by atoms with Crippen LogP contribution in [0.5, 0.6) is 0 Å². The fourth-order valence-electron chi connectivity index (χ4n) is 0.860. The first-order chi connectivity index (χ1) is 5.16. The summed E-state index contributed by atoms with van der Waals surface area (Å²) < 4.78 is 4.49. The Labute approximate surface area is 82.4 Å². The van der Waals surface area contributed by atoms with Gasteiger partial charge in [0.05, 0.1) is 0 Å². The number of carbonyl (C=O) groups is 1. The quantitative estimate of drug-likeness (QED) is 0.566. The normalized spacial score (nSPS) is 10.2. The molecule has 11 heavy (non-hydrogen) atoms. The number of hydrogen-bond acceptors (Lipinski definition) is 2. The van der Waals surface area contributed by atoms with Crippen LogP contribution in [0, 0.1) is 5.92 Å². The molecule has 0 atom stereocenters. The molecule has 0 saturated carbocycles. The topological polar surface area (TPSA) is 26.3 Å². The number of unbranched alkanes of at least 4 members (excludes halogenated alkanes) is 1. The van der Waals surface area contributed by atoms with Crippen molar-refractivity contribution in [1.82, 2.24) is 0 Å². The first kappa shape index (κ1) is 11.2. The number of rotatable bonds is 5. The minimum atomic E-state index is -0.102. The van der Waals surface area contributed by atoms with Gasteiger partial charge in [0.1, 0.15) is 0 Å². The van der Waals surface area contributed by atoms with Crippen molar-refractivity contribution in [2.45, 2.75) is 39.5 Å². The second-order valence-electron chi connectivity index (χ2n) is 3.09. The van der Waals surface area contributed by atoms with Crippen molar-refractivity contribution in [3.63, 3.8) is 0 Å². The van der Waals surface area contributed by atoms with E-state index in [2.05, 4.69) is 16.9 Å². The Kier molecular flexibility index (Phi) is 7.01. The summed E-state index contributed by atoms with van der Waals surface area (Å²) in [4.78, 5) is 10.6. The van der Waals surface area contributed by atoms with Crippen LogP contribution in [0.4, 0.5) is 0 Å². The molecule has 0 aromatic heterocycles. The molecule has 2 nitrogen and oxygen atoms in total. The third-order valence-corrected chi connectivity index (χ3v) is 1.99. The predicted molar refractivity (Wildman–Crippen MR) is 53.4 cm³/mol. The SMILES string of the molecule is CC(C)CCCCC(=O)OI. The van der Waals surface area contributed by atoms with E-state index in [9.17, 15) is 4.79 Å². The number of hydrogen-bond donors (Lipinski definition) is 0. The molecule has 0 bridgehead atoms. The second kappa shape index (κ2) is 6.88. The fourth-order valence-corrected chi connectivity index (χ4v) is 1.08. The molecule has 66 valence electrons. The monoisotopic (exact) mass is 270 g/mol. The average Bonchev–Trinajstić information content (AvgIpc) is 1.97. The van der Waals surface area contributed by atoms with Crippen LogP contribution in [0.1, 0.15) is 39.5 Å². The summed E-state index contributed by atoms with van der Waals surface area (Å²) in [5, 5.41) is 0. The fraction of sp³-hybridized carbons (Fsp3) is 0.875. The van der Waals surface area contributed by atoms with Gasteiger partial charge >= 0.3 is 5.97 Å². The molecule has 0 aliphatic rings. The second-order valence-corrected chi connectivity index (χ2v) is 3.53. The Morgan fingerprint density at radius 1 is 1.45 bits per heavy atom. The van der Waals surface area contributed by atoms with Gasteiger partial charge in [0.15, 0.2) is 23.0 Å². The highest BCUT2D eigenvalue weighted by molar-refractivity contribution is 14.1. The minimum absolute atomic E-state index is 0.102. The van der Waals surface area contributed by atoms with Gasteiger partial charge in [0, 0.05) is 6.42 Å². The lowest BCUT2D eigenvalue weighted by atomic mass is 10.1. The molecule has 0 saturated heterocycles. The van der Waals surface area contributed by atoms with Crippen molar-refractivity contribution in [3.05, 3.63) is 0 Å². The van der Waals surface area contributed by atoms with E-state index < -0.39 is 0 Å². The van der Waals surface area contributed by atoms with E-state index >= 15 is 0 Å². The van der Waals surface area contributed by atoms with Crippen LogP contribution in [0.15, 0.2) is 0 Å². The molecule has 0 aromatic carbocycles. The summed E-state index contributed by atoms with van der Waals surface area (Å²) in [6.07, 6.45) is 3.85. The molecule has 0 N–H and O–H groups in total. The van der Waals surface area contributed by atoms with Crippen molar-refractivity contribution >= 4 is 29.0 Å². The van der Waals surface area contributed by atoms with Crippen molar-refractivity contribution in [2.24, 2.45) is 5.92 Å². The molecule has 3 heteroatoms. The van der Waals surface area contributed by atoms with E-state index in [1.54, 1.807) is 23.0 Å². The van der Waals surface area contributed by atoms with Crippen molar-refractivity contribution in [3.8, 4) is 0 Å². The summed E-state index contributed by atoms with van der Waals surface area (Å²) in [6.45, 7) is 4.38. The molecule has 0 aliphatic heterocycles. The first-order valence-corrected chi connectivity index (χ1v) is 4.86. The molecule has 0 aromatic rings. The molecule has 0 fully saturated rings. The summed E-state index contributed by atoms with van der Waals surface area (Å²) >= 11 is 1.63. The Morgan fingerprint density at radius 2 is 2.09 bits per heavy atom. The Balaban J connectivity index is 3.08. The van der Waals surface area contributed by atoms with E-state index in [0.717, 1.165) is 18.8 Å². The van der Waals surface area contributed by atoms with Gasteiger partial charge < -0.3 is 3.07 Å². The molecule has 0 aliphatic carbocycles. The van der Waals surface area contributed by atoms with E-state index in [4.69, 9.17) is 0 Å². The minimum Gasteiger partial charge on any atom is -0.394 e. The maximum atomic E-state index is 10.6. The molecule has 0 radical (unpaired) electrons. The van der Waals surface area contributed by atoms with Crippen LogP contribution in [-0.2, 0) is 7.86 Å². The highest BCUT2D eigenvalue weighted by atomic mass is 127. The van der Waals surface area contributed by atoms with Gasteiger partial charge in [0.2, 0.25) is 0 Å². The highest BCUT2D eigenvalue weighted by Crippen LogP contribution is 2.08.